The lowest BCUT2D eigenvalue weighted by Crippen LogP contribution is -2.27. The molecule has 0 bridgehead atoms. The summed E-state index contributed by atoms with van der Waals surface area (Å²) in [4.78, 5) is 0. The van der Waals surface area contributed by atoms with Crippen LogP contribution in [0.1, 0.15) is 31.4 Å². The van der Waals surface area contributed by atoms with Crippen molar-refractivity contribution >= 4 is 11.4 Å². The van der Waals surface area contributed by atoms with E-state index in [9.17, 15) is 18.4 Å². The molecule has 1 aliphatic heterocycles. The van der Waals surface area contributed by atoms with Crippen molar-refractivity contribution in [1.82, 2.24) is 0 Å². The first-order chi connectivity index (χ1) is 12.2. The molecule has 3 rings (SSSR count). The van der Waals surface area contributed by atoms with E-state index in [4.69, 9.17) is 0 Å². The SMILES string of the molecule is CC1(C)CC(CNc2ccccc2)[N+]([O-])=C1c1ccc(C(F)(F)F)cc1. The Morgan fingerprint density at radius 2 is 1.69 bits per heavy atom. The zero-order valence-corrected chi connectivity index (χ0v) is 14.7. The molecular formula is C20H21F3N2O. The topological polar surface area (TPSA) is 38.1 Å². The Balaban J connectivity index is 1.83. The third kappa shape index (κ3) is 3.69. The van der Waals surface area contributed by atoms with Crippen molar-refractivity contribution in [1.29, 1.82) is 0 Å². The van der Waals surface area contributed by atoms with Crippen LogP contribution in [0.5, 0.6) is 0 Å². The fourth-order valence-corrected chi connectivity index (χ4v) is 3.53. The van der Waals surface area contributed by atoms with E-state index in [-0.39, 0.29) is 6.04 Å². The number of nitrogens with one attached hydrogen (secondary N) is 1. The molecule has 3 nitrogen and oxygen atoms in total. The predicted octanol–water partition coefficient (Wildman–Crippen LogP) is 4.92. The van der Waals surface area contributed by atoms with Crippen molar-refractivity contribution in [3.05, 3.63) is 70.9 Å². The highest BCUT2D eigenvalue weighted by molar-refractivity contribution is 6.01. The van der Waals surface area contributed by atoms with Crippen LogP contribution in [-0.4, -0.2) is 23.0 Å². The second kappa shape index (κ2) is 6.67. The molecule has 138 valence electrons. The lowest BCUT2D eigenvalue weighted by Gasteiger charge is -2.16. The van der Waals surface area contributed by atoms with Gasteiger partial charge in [-0.05, 0) is 50.2 Å². The number of hydrogen-bond donors (Lipinski definition) is 1. The van der Waals surface area contributed by atoms with Gasteiger partial charge in [-0.1, -0.05) is 18.2 Å². The van der Waals surface area contributed by atoms with Crippen LogP contribution < -0.4 is 5.32 Å². The predicted molar refractivity (Wildman–Crippen MR) is 96.3 cm³/mol. The molecule has 0 radical (unpaired) electrons. The number of hydroxylamine groups is 1. The zero-order chi connectivity index (χ0) is 18.9. The Morgan fingerprint density at radius 3 is 2.27 bits per heavy atom. The highest BCUT2D eigenvalue weighted by Gasteiger charge is 2.45. The number of halogens is 3. The number of anilines is 1. The molecule has 0 aromatic heterocycles. The Hall–Kier alpha value is -2.50. The van der Waals surface area contributed by atoms with Crippen LogP contribution in [0.3, 0.4) is 0 Å². The monoisotopic (exact) mass is 362 g/mol. The molecule has 2 aromatic carbocycles. The van der Waals surface area contributed by atoms with E-state index in [2.05, 4.69) is 5.32 Å². The van der Waals surface area contributed by atoms with Crippen molar-refractivity contribution in [3.8, 4) is 0 Å². The minimum Gasteiger partial charge on any atom is -0.623 e. The van der Waals surface area contributed by atoms with Crippen LogP contribution in [0.15, 0.2) is 54.6 Å². The van der Waals surface area contributed by atoms with E-state index in [1.165, 1.54) is 12.1 Å². The van der Waals surface area contributed by atoms with Crippen LogP contribution in [-0.2, 0) is 6.18 Å². The Kier molecular flexibility index (Phi) is 4.69. The maximum Gasteiger partial charge on any atom is 0.416 e. The molecule has 1 N–H and O–H groups in total. The van der Waals surface area contributed by atoms with Crippen LogP contribution in [0.2, 0.25) is 0 Å². The summed E-state index contributed by atoms with van der Waals surface area (Å²) < 4.78 is 39.2. The Morgan fingerprint density at radius 1 is 1.08 bits per heavy atom. The Labute approximate surface area is 150 Å². The van der Waals surface area contributed by atoms with E-state index in [1.807, 2.05) is 44.2 Å². The van der Waals surface area contributed by atoms with Crippen LogP contribution >= 0.6 is 0 Å². The van der Waals surface area contributed by atoms with Gasteiger partial charge >= 0.3 is 6.18 Å². The standard InChI is InChI=1S/C20H21F3N2O/c1-19(2)12-17(13-24-16-6-4-3-5-7-16)25(26)18(19)14-8-10-15(11-9-14)20(21,22)23/h3-11,17,24H,12-13H2,1-2H3. The average Bonchev–Trinajstić information content (AvgIpc) is 2.82. The third-order valence-corrected chi connectivity index (χ3v) is 4.74. The van der Waals surface area contributed by atoms with Gasteiger partial charge in [-0.15, -0.1) is 0 Å². The summed E-state index contributed by atoms with van der Waals surface area (Å²) in [5.41, 5.74) is 0.884. The number of alkyl halides is 3. The molecule has 1 atom stereocenters. The first kappa shape index (κ1) is 18.3. The van der Waals surface area contributed by atoms with Gasteiger partial charge in [0.25, 0.3) is 0 Å². The number of nitrogens with zero attached hydrogens (tertiary/aromatic N) is 1. The summed E-state index contributed by atoms with van der Waals surface area (Å²) >= 11 is 0. The van der Waals surface area contributed by atoms with Crippen LogP contribution in [0, 0.1) is 10.6 Å². The molecule has 1 aliphatic rings. The second-order valence-electron chi connectivity index (χ2n) is 7.24. The Bertz CT molecular complexity index is 796. The van der Waals surface area contributed by atoms with Gasteiger partial charge in [0.15, 0.2) is 6.04 Å². The second-order valence-corrected chi connectivity index (χ2v) is 7.24. The van der Waals surface area contributed by atoms with E-state index >= 15 is 0 Å². The number of benzene rings is 2. The lowest BCUT2D eigenvalue weighted by molar-refractivity contribution is -0.487. The largest absolute Gasteiger partial charge is 0.623 e. The fourth-order valence-electron chi connectivity index (χ4n) is 3.53. The van der Waals surface area contributed by atoms with Gasteiger partial charge in [-0.2, -0.15) is 13.2 Å². The molecule has 1 unspecified atom stereocenters. The summed E-state index contributed by atoms with van der Waals surface area (Å²) in [5, 5.41) is 16.1. The molecule has 2 aromatic rings. The average molecular weight is 362 g/mol. The number of hydrogen-bond acceptors (Lipinski definition) is 2. The summed E-state index contributed by atoms with van der Waals surface area (Å²) in [7, 11) is 0. The summed E-state index contributed by atoms with van der Waals surface area (Å²) in [6.45, 7) is 4.38. The smallest absolute Gasteiger partial charge is 0.416 e. The molecule has 6 heteroatoms. The first-order valence-corrected chi connectivity index (χ1v) is 8.49. The molecule has 1 heterocycles. The van der Waals surface area contributed by atoms with Gasteiger partial charge < -0.3 is 10.5 Å². The molecule has 0 fully saturated rings. The number of rotatable bonds is 4. The van der Waals surface area contributed by atoms with Crippen molar-refractivity contribution in [2.75, 3.05) is 11.9 Å². The van der Waals surface area contributed by atoms with Gasteiger partial charge in [0, 0.05) is 17.7 Å². The van der Waals surface area contributed by atoms with Crippen molar-refractivity contribution < 1.29 is 17.9 Å². The van der Waals surface area contributed by atoms with Crippen molar-refractivity contribution in [2.24, 2.45) is 5.41 Å². The van der Waals surface area contributed by atoms with Crippen molar-refractivity contribution in [3.63, 3.8) is 0 Å². The highest BCUT2D eigenvalue weighted by Crippen LogP contribution is 2.36. The van der Waals surface area contributed by atoms with Crippen LogP contribution in [0.4, 0.5) is 18.9 Å². The van der Waals surface area contributed by atoms with Gasteiger partial charge in [0.05, 0.1) is 17.5 Å². The van der Waals surface area contributed by atoms with Gasteiger partial charge in [-0.25, -0.2) is 4.74 Å². The zero-order valence-electron chi connectivity index (χ0n) is 14.7. The maximum atomic E-state index is 12.8. The molecule has 26 heavy (non-hydrogen) atoms. The fraction of sp³-hybridized carbons (Fsp3) is 0.350. The molecule has 0 saturated heterocycles. The lowest BCUT2D eigenvalue weighted by atomic mass is 9.81. The number of para-hydroxylation sites is 1. The summed E-state index contributed by atoms with van der Waals surface area (Å²) in [6, 6.07) is 14.2. The third-order valence-electron chi connectivity index (χ3n) is 4.74. The van der Waals surface area contributed by atoms with Crippen molar-refractivity contribution in [2.45, 2.75) is 32.5 Å². The van der Waals surface area contributed by atoms with Crippen LogP contribution in [0.25, 0.3) is 0 Å². The van der Waals surface area contributed by atoms with Gasteiger partial charge in [0.2, 0.25) is 5.71 Å². The summed E-state index contributed by atoms with van der Waals surface area (Å²) in [6.07, 6.45) is -3.75. The maximum absolute atomic E-state index is 12.8. The molecular weight excluding hydrogens is 341 g/mol. The molecule has 0 saturated carbocycles. The van der Waals surface area contributed by atoms with Gasteiger partial charge in [-0.3, -0.25) is 0 Å². The molecule has 0 amide bonds. The molecule has 0 aliphatic carbocycles. The van der Waals surface area contributed by atoms with Gasteiger partial charge in [0.1, 0.15) is 0 Å². The minimum atomic E-state index is -4.38. The summed E-state index contributed by atoms with van der Waals surface area (Å²) in [5.74, 6) is 0. The first-order valence-electron chi connectivity index (χ1n) is 8.49. The molecule has 0 spiro atoms. The highest BCUT2D eigenvalue weighted by atomic mass is 19.4. The van der Waals surface area contributed by atoms with E-state index in [1.54, 1.807) is 0 Å². The van der Waals surface area contributed by atoms with E-state index < -0.39 is 17.2 Å². The minimum absolute atomic E-state index is 0.275. The normalized spacial score (nSPS) is 19.7. The quantitative estimate of drug-likeness (QED) is 0.620. The van der Waals surface area contributed by atoms with E-state index in [0.717, 1.165) is 22.6 Å². The van der Waals surface area contributed by atoms with E-state index in [0.29, 0.717) is 24.2 Å².